The van der Waals surface area contributed by atoms with Crippen LogP contribution in [0.5, 0.6) is 11.5 Å². The summed E-state index contributed by atoms with van der Waals surface area (Å²) in [5, 5.41) is 8.03. The summed E-state index contributed by atoms with van der Waals surface area (Å²) in [6, 6.07) is 10.9. The monoisotopic (exact) mass is 264 g/mol. The zero-order valence-electron chi connectivity index (χ0n) is 9.97. The SMILES string of the molecule is CCOc1ccc(OCc2ccc(Cl)nn2)cc1. The van der Waals surface area contributed by atoms with Gasteiger partial charge in [0.1, 0.15) is 23.8 Å². The van der Waals surface area contributed by atoms with Crippen molar-refractivity contribution < 1.29 is 9.47 Å². The highest BCUT2D eigenvalue weighted by Gasteiger charge is 1.99. The lowest BCUT2D eigenvalue weighted by Crippen LogP contribution is -1.99. The van der Waals surface area contributed by atoms with Gasteiger partial charge in [0.05, 0.1) is 6.61 Å². The van der Waals surface area contributed by atoms with Crippen molar-refractivity contribution in [2.45, 2.75) is 13.5 Å². The van der Waals surface area contributed by atoms with Crippen LogP contribution >= 0.6 is 11.6 Å². The molecule has 5 heteroatoms. The summed E-state index contributed by atoms with van der Waals surface area (Å²) in [6.45, 7) is 2.96. The molecule has 1 aromatic heterocycles. The van der Waals surface area contributed by atoms with E-state index in [1.807, 2.05) is 31.2 Å². The average Bonchev–Trinajstić information content (AvgIpc) is 2.40. The Labute approximate surface area is 111 Å². The molecule has 0 aliphatic heterocycles. The summed E-state index contributed by atoms with van der Waals surface area (Å²) in [7, 11) is 0. The third kappa shape index (κ3) is 3.60. The lowest BCUT2D eigenvalue weighted by molar-refractivity contribution is 0.298. The molecular weight excluding hydrogens is 252 g/mol. The van der Waals surface area contributed by atoms with Crippen LogP contribution in [0.3, 0.4) is 0 Å². The Morgan fingerprint density at radius 2 is 1.61 bits per heavy atom. The molecule has 0 aliphatic carbocycles. The summed E-state index contributed by atoms with van der Waals surface area (Å²) >= 11 is 5.65. The summed E-state index contributed by atoms with van der Waals surface area (Å²) < 4.78 is 10.9. The normalized spacial score (nSPS) is 10.1. The van der Waals surface area contributed by atoms with E-state index in [0.29, 0.717) is 18.4 Å². The minimum absolute atomic E-state index is 0.359. The number of benzene rings is 1. The van der Waals surface area contributed by atoms with Gasteiger partial charge in [-0.25, -0.2) is 0 Å². The van der Waals surface area contributed by atoms with Crippen LogP contribution in [0.1, 0.15) is 12.6 Å². The van der Waals surface area contributed by atoms with Crippen LogP contribution in [0, 0.1) is 0 Å². The second-order valence-electron chi connectivity index (χ2n) is 3.54. The molecular formula is C13H13ClN2O2. The van der Waals surface area contributed by atoms with Gasteiger partial charge in [-0.2, -0.15) is 5.10 Å². The molecule has 1 aromatic carbocycles. The van der Waals surface area contributed by atoms with Gasteiger partial charge in [-0.3, -0.25) is 0 Å². The Morgan fingerprint density at radius 3 is 2.17 bits per heavy atom. The molecule has 0 unspecified atom stereocenters. The highest BCUT2D eigenvalue weighted by Crippen LogP contribution is 2.18. The van der Waals surface area contributed by atoms with Crippen molar-refractivity contribution in [1.82, 2.24) is 10.2 Å². The van der Waals surface area contributed by atoms with E-state index >= 15 is 0 Å². The fourth-order valence-electron chi connectivity index (χ4n) is 1.38. The van der Waals surface area contributed by atoms with Gasteiger partial charge in [0, 0.05) is 0 Å². The Morgan fingerprint density at radius 1 is 0.944 bits per heavy atom. The van der Waals surface area contributed by atoms with E-state index in [2.05, 4.69) is 10.2 Å². The number of ether oxygens (including phenoxy) is 2. The minimum atomic E-state index is 0.359. The van der Waals surface area contributed by atoms with Gasteiger partial charge in [0.15, 0.2) is 5.15 Å². The molecule has 0 spiro atoms. The maximum absolute atomic E-state index is 5.65. The predicted molar refractivity (Wildman–Crippen MR) is 69.0 cm³/mol. The van der Waals surface area contributed by atoms with Gasteiger partial charge >= 0.3 is 0 Å². The maximum Gasteiger partial charge on any atom is 0.151 e. The van der Waals surface area contributed by atoms with Gasteiger partial charge in [-0.05, 0) is 43.3 Å². The molecule has 0 amide bonds. The quantitative estimate of drug-likeness (QED) is 0.832. The highest BCUT2D eigenvalue weighted by atomic mass is 35.5. The standard InChI is InChI=1S/C13H13ClN2O2/c1-2-17-11-4-6-12(7-5-11)18-9-10-3-8-13(14)16-15-10/h3-8H,2,9H2,1H3. The van der Waals surface area contributed by atoms with Gasteiger partial charge in [-0.1, -0.05) is 11.6 Å². The molecule has 18 heavy (non-hydrogen) atoms. The smallest absolute Gasteiger partial charge is 0.151 e. The summed E-state index contributed by atoms with van der Waals surface area (Å²) in [6.07, 6.45) is 0. The number of hydrogen-bond acceptors (Lipinski definition) is 4. The molecule has 2 aromatic rings. The molecule has 0 radical (unpaired) electrons. The van der Waals surface area contributed by atoms with E-state index < -0.39 is 0 Å². The molecule has 0 aliphatic rings. The summed E-state index contributed by atoms with van der Waals surface area (Å²) in [4.78, 5) is 0. The number of nitrogens with zero attached hydrogens (tertiary/aromatic N) is 2. The van der Waals surface area contributed by atoms with Gasteiger partial charge in [0.2, 0.25) is 0 Å². The Hall–Kier alpha value is -1.81. The van der Waals surface area contributed by atoms with E-state index in [9.17, 15) is 0 Å². The highest BCUT2D eigenvalue weighted by molar-refractivity contribution is 6.29. The fraction of sp³-hybridized carbons (Fsp3) is 0.231. The molecule has 0 atom stereocenters. The van der Waals surface area contributed by atoms with Crippen molar-refractivity contribution in [3.8, 4) is 11.5 Å². The zero-order chi connectivity index (χ0) is 12.8. The average molecular weight is 265 g/mol. The Bertz CT molecular complexity index is 485. The topological polar surface area (TPSA) is 44.2 Å². The van der Waals surface area contributed by atoms with Crippen LogP contribution in [0.2, 0.25) is 5.15 Å². The van der Waals surface area contributed by atoms with Crippen molar-refractivity contribution in [2.75, 3.05) is 6.61 Å². The number of rotatable bonds is 5. The molecule has 94 valence electrons. The van der Waals surface area contributed by atoms with Crippen molar-refractivity contribution in [3.63, 3.8) is 0 Å². The molecule has 0 fully saturated rings. The Kier molecular flexibility index (Phi) is 4.36. The molecule has 0 N–H and O–H groups in total. The van der Waals surface area contributed by atoms with E-state index in [-0.39, 0.29) is 0 Å². The number of halogens is 1. The minimum Gasteiger partial charge on any atom is -0.494 e. The third-order valence-corrected chi connectivity index (χ3v) is 2.41. The van der Waals surface area contributed by atoms with Crippen molar-refractivity contribution >= 4 is 11.6 Å². The van der Waals surface area contributed by atoms with E-state index in [1.54, 1.807) is 12.1 Å². The molecule has 0 bridgehead atoms. The van der Waals surface area contributed by atoms with Gasteiger partial charge in [-0.15, -0.1) is 5.10 Å². The molecule has 0 saturated carbocycles. The van der Waals surface area contributed by atoms with E-state index in [1.165, 1.54) is 0 Å². The van der Waals surface area contributed by atoms with Crippen LogP contribution in [0.15, 0.2) is 36.4 Å². The Balaban J connectivity index is 1.91. The second-order valence-corrected chi connectivity index (χ2v) is 3.93. The van der Waals surface area contributed by atoms with E-state index in [4.69, 9.17) is 21.1 Å². The first kappa shape index (κ1) is 12.6. The van der Waals surface area contributed by atoms with Gasteiger partial charge in [0.25, 0.3) is 0 Å². The molecule has 0 saturated heterocycles. The lowest BCUT2D eigenvalue weighted by Gasteiger charge is -2.07. The van der Waals surface area contributed by atoms with E-state index in [0.717, 1.165) is 17.2 Å². The molecule has 1 heterocycles. The maximum atomic E-state index is 5.65. The zero-order valence-corrected chi connectivity index (χ0v) is 10.7. The van der Waals surface area contributed by atoms with Crippen molar-refractivity contribution in [3.05, 3.63) is 47.2 Å². The van der Waals surface area contributed by atoms with Crippen LogP contribution in [-0.2, 0) is 6.61 Å². The fourth-order valence-corrected chi connectivity index (χ4v) is 1.48. The van der Waals surface area contributed by atoms with Crippen LogP contribution < -0.4 is 9.47 Å². The number of hydrogen-bond donors (Lipinski definition) is 0. The first-order valence-electron chi connectivity index (χ1n) is 5.61. The predicted octanol–water partition coefficient (Wildman–Crippen LogP) is 3.11. The summed E-state index contributed by atoms with van der Waals surface area (Å²) in [5.74, 6) is 1.59. The summed E-state index contributed by atoms with van der Waals surface area (Å²) in [5.41, 5.74) is 0.730. The van der Waals surface area contributed by atoms with Crippen LogP contribution in [0.25, 0.3) is 0 Å². The van der Waals surface area contributed by atoms with Crippen molar-refractivity contribution in [1.29, 1.82) is 0 Å². The second kappa shape index (κ2) is 6.21. The molecule has 2 rings (SSSR count). The number of aromatic nitrogens is 2. The molecule has 4 nitrogen and oxygen atoms in total. The first-order valence-corrected chi connectivity index (χ1v) is 5.99. The van der Waals surface area contributed by atoms with Crippen LogP contribution in [0.4, 0.5) is 0 Å². The van der Waals surface area contributed by atoms with Gasteiger partial charge < -0.3 is 9.47 Å². The third-order valence-electron chi connectivity index (χ3n) is 2.21. The first-order chi connectivity index (χ1) is 8.78. The van der Waals surface area contributed by atoms with Crippen LogP contribution in [-0.4, -0.2) is 16.8 Å². The van der Waals surface area contributed by atoms with Crippen molar-refractivity contribution in [2.24, 2.45) is 0 Å². The largest absolute Gasteiger partial charge is 0.494 e. The lowest BCUT2D eigenvalue weighted by atomic mass is 10.3.